The van der Waals surface area contributed by atoms with Crippen LogP contribution in [0.25, 0.3) is 0 Å². The Hall–Kier alpha value is -1.55. The maximum absolute atomic E-state index is 12.2. The highest BCUT2D eigenvalue weighted by Gasteiger charge is 2.24. The van der Waals surface area contributed by atoms with E-state index in [0.717, 1.165) is 30.8 Å². The summed E-state index contributed by atoms with van der Waals surface area (Å²) in [6.45, 7) is 7.91. The number of hydrogen-bond acceptors (Lipinski definition) is 3. The fraction of sp³-hybridized carbons (Fsp3) is 0.562. The molecule has 4 heteroatoms. The Kier molecular flexibility index (Phi) is 5.01. The van der Waals surface area contributed by atoms with Crippen LogP contribution in [0.4, 0.5) is 0 Å². The molecule has 0 bridgehead atoms. The quantitative estimate of drug-likeness (QED) is 0.912. The van der Waals surface area contributed by atoms with Gasteiger partial charge in [-0.3, -0.25) is 4.79 Å². The Labute approximate surface area is 121 Å². The van der Waals surface area contributed by atoms with Gasteiger partial charge in [-0.25, -0.2) is 0 Å². The summed E-state index contributed by atoms with van der Waals surface area (Å²) in [7, 11) is 0. The number of benzene rings is 1. The second-order valence-electron chi connectivity index (χ2n) is 5.52. The normalized spacial score (nSPS) is 22.6. The fourth-order valence-electron chi connectivity index (χ4n) is 2.70. The molecule has 0 aliphatic carbocycles. The van der Waals surface area contributed by atoms with E-state index in [4.69, 9.17) is 4.74 Å². The van der Waals surface area contributed by atoms with Crippen LogP contribution < -0.4 is 10.1 Å². The molecule has 2 atom stereocenters. The van der Waals surface area contributed by atoms with Gasteiger partial charge in [-0.2, -0.15) is 0 Å². The van der Waals surface area contributed by atoms with Crippen LogP contribution in [0.5, 0.6) is 5.75 Å². The van der Waals surface area contributed by atoms with Crippen LogP contribution in [0.15, 0.2) is 24.3 Å². The minimum Gasteiger partial charge on any atom is -0.483 e. The summed E-state index contributed by atoms with van der Waals surface area (Å²) in [5.41, 5.74) is 1.14. The van der Waals surface area contributed by atoms with Crippen LogP contribution in [0.3, 0.4) is 0 Å². The van der Waals surface area contributed by atoms with Crippen LogP contribution >= 0.6 is 0 Å². The zero-order valence-electron chi connectivity index (χ0n) is 12.6. The third kappa shape index (κ3) is 3.73. The molecule has 20 heavy (non-hydrogen) atoms. The number of piperazine rings is 1. The Morgan fingerprint density at radius 3 is 2.60 bits per heavy atom. The molecule has 1 heterocycles. The number of para-hydroxylation sites is 1. The molecule has 0 aromatic heterocycles. The molecule has 1 aliphatic rings. The molecule has 1 aromatic rings. The number of carbonyl (C=O) groups excluding carboxylic acids is 1. The van der Waals surface area contributed by atoms with Crippen molar-refractivity contribution >= 4 is 5.91 Å². The smallest absolute Gasteiger partial charge is 0.260 e. The summed E-state index contributed by atoms with van der Waals surface area (Å²) >= 11 is 0. The summed E-state index contributed by atoms with van der Waals surface area (Å²) in [6.07, 6.45) is 0.909. The van der Waals surface area contributed by atoms with Gasteiger partial charge in [0.05, 0.1) is 0 Å². The molecule has 1 fully saturated rings. The standard InChI is InChI=1S/C16H24N2O2/c1-4-14-7-5-6-8-15(14)20-11-16(19)18-9-12(2)17-13(3)10-18/h5-8,12-13,17H,4,9-11H2,1-3H3/t12-,13-/m0/s1. The molecular weight excluding hydrogens is 252 g/mol. The highest BCUT2D eigenvalue weighted by Crippen LogP contribution is 2.18. The van der Waals surface area contributed by atoms with Crippen molar-refractivity contribution in [2.45, 2.75) is 39.3 Å². The van der Waals surface area contributed by atoms with E-state index in [1.807, 2.05) is 29.2 Å². The maximum Gasteiger partial charge on any atom is 0.260 e. The van der Waals surface area contributed by atoms with Crippen molar-refractivity contribution in [1.82, 2.24) is 10.2 Å². The zero-order valence-corrected chi connectivity index (χ0v) is 12.6. The van der Waals surface area contributed by atoms with Gasteiger partial charge < -0.3 is 15.0 Å². The Balaban J connectivity index is 1.91. The van der Waals surface area contributed by atoms with Gasteiger partial charge >= 0.3 is 0 Å². The first-order valence-electron chi connectivity index (χ1n) is 7.34. The summed E-state index contributed by atoms with van der Waals surface area (Å²) in [5, 5.41) is 3.42. The average molecular weight is 276 g/mol. The van der Waals surface area contributed by atoms with E-state index >= 15 is 0 Å². The minimum atomic E-state index is 0.0658. The van der Waals surface area contributed by atoms with Crippen molar-refractivity contribution in [3.8, 4) is 5.75 Å². The predicted octanol–water partition coefficient (Wildman–Crippen LogP) is 1.84. The zero-order chi connectivity index (χ0) is 14.5. The van der Waals surface area contributed by atoms with Crippen LogP contribution in [-0.2, 0) is 11.2 Å². The molecule has 2 rings (SSSR count). The number of ether oxygens (including phenoxy) is 1. The molecular formula is C16H24N2O2. The maximum atomic E-state index is 12.2. The van der Waals surface area contributed by atoms with Crippen molar-refractivity contribution < 1.29 is 9.53 Å². The molecule has 1 amide bonds. The van der Waals surface area contributed by atoms with E-state index in [-0.39, 0.29) is 12.5 Å². The summed E-state index contributed by atoms with van der Waals surface area (Å²) < 4.78 is 5.70. The lowest BCUT2D eigenvalue weighted by atomic mass is 10.1. The molecule has 1 N–H and O–H groups in total. The number of aryl methyl sites for hydroxylation is 1. The van der Waals surface area contributed by atoms with Gasteiger partial charge in [0.15, 0.2) is 6.61 Å². The number of rotatable bonds is 4. The number of nitrogens with one attached hydrogen (secondary N) is 1. The second kappa shape index (κ2) is 6.75. The lowest BCUT2D eigenvalue weighted by molar-refractivity contribution is -0.135. The van der Waals surface area contributed by atoms with E-state index in [1.54, 1.807) is 0 Å². The van der Waals surface area contributed by atoms with Gasteiger partial charge in [-0.1, -0.05) is 25.1 Å². The first-order chi connectivity index (χ1) is 9.60. The monoisotopic (exact) mass is 276 g/mol. The molecule has 0 saturated carbocycles. The first-order valence-corrected chi connectivity index (χ1v) is 7.34. The first kappa shape index (κ1) is 14.9. The average Bonchev–Trinajstić information content (AvgIpc) is 2.44. The fourth-order valence-corrected chi connectivity index (χ4v) is 2.70. The van der Waals surface area contributed by atoms with Gasteiger partial charge in [0.1, 0.15) is 5.75 Å². The lowest BCUT2D eigenvalue weighted by Crippen LogP contribution is -2.56. The van der Waals surface area contributed by atoms with Crippen molar-refractivity contribution in [2.24, 2.45) is 0 Å². The van der Waals surface area contributed by atoms with Gasteiger partial charge in [0.2, 0.25) is 0 Å². The Morgan fingerprint density at radius 1 is 1.30 bits per heavy atom. The van der Waals surface area contributed by atoms with Crippen molar-refractivity contribution in [1.29, 1.82) is 0 Å². The van der Waals surface area contributed by atoms with E-state index < -0.39 is 0 Å². The van der Waals surface area contributed by atoms with Crippen LogP contribution in [0.1, 0.15) is 26.3 Å². The second-order valence-corrected chi connectivity index (χ2v) is 5.52. The van der Waals surface area contributed by atoms with E-state index in [0.29, 0.717) is 12.1 Å². The molecule has 4 nitrogen and oxygen atoms in total. The van der Waals surface area contributed by atoms with Gasteiger partial charge in [-0.15, -0.1) is 0 Å². The van der Waals surface area contributed by atoms with Gasteiger partial charge in [0.25, 0.3) is 5.91 Å². The molecule has 0 radical (unpaired) electrons. The van der Waals surface area contributed by atoms with Crippen LogP contribution in [0.2, 0.25) is 0 Å². The van der Waals surface area contributed by atoms with Gasteiger partial charge in [0, 0.05) is 25.2 Å². The molecule has 1 aromatic carbocycles. The van der Waals surface area contributed by atoms with Crippen LogP contribution in [-0.4, -0.2) is 42.6 Å². The van der Waals surface area contributed by atoms with E-state index in [1.165, 1.54) is 0 Å². The summed E-state index contributed by atoms with van der Waals surface area (Å²) in [4.78, 5) is 14.1. The summed E-state index contributed by atoms with van der Waals surface area (Å²) in [6, 6.07) is 8.57. The highest BCUT2D eigenvalue weighted by molar-refractivity contribution is 5.78. The molecule has 0 unspecified atom stereocenters. The SMILES string of the molecule is CCc1ccccc1OCC(=O)N1C[C@H](C)N[C@@H](C)C1. The van der Waals surface area contributed by atoms with Gasteiger partial charge in [-0.05, 0) is 31.9 Å². The number of hydrogen-bond donors (Lipinski definition) is 1. The topological polar surface area (TPSA) is 41.6 Å². The highest BCUT2D eigenvalue weighted by atomic mass is 16.5. The van der Waals surface area contributed by atoms with Crippen LogP contribution in [0, 0.1) is 0 Å². The lowest BCUT2D eigenvalue weighted by Gasteiger charge is -2.36. The largest absolute Gasteiger partial charge is 0.483 e. The van der Waals surface area contributed by atoms with E-state index in [9.17, 15) is 4.79 Å². The summed E-state index contributed by atoms with van der Waals surface area (Å²) in [5.74, 6) is 0.885. The molecule has 1 aliphatic heterocycles. The molecule has 110 valence electrons. The van der Waals surface area contributed by atoms with Crippen molar-refractivity contribution in [3.05, 3.63) is 29.8 Å². The minimum absolute atomic E-state index is 0.0658. The number of amides is 1. The predicted molar refractivity (Wildman–Crippen MR) is 80.0 cm³/mol. The third-order valence-corrected chi connectivity index (χ3v) is 3.61. The molecule has 0 spiro atoms. The third-order valence-electron chi connectivity index (χ3n) is 3.61. The number of carbonyl (C=O) groups is 1. The van der Waals surface area contributed by atoms with Crippen molar-refractivity contribution in [3.63, 3.8) is 0 Å². The Morgan fingerprint density at radius 2 is 1.95 bits per heavy atom. The number of nitrogens with zero attached hydrogens (tertiary/aromatic N) is 1. The van der Waals surface area contributed by atoms with Crippen molar-refractivity contribution in [2.75, 3.05) is 19.7 Å². The van der Waals surface area contributed by atoms with E-state index in [2.05, 4.69) is 26.1 Å². The Bertz CT molecular complexity index is 452. The molecule has 1 saturated heterocycles.